The number of aliphatic hydroxyl groups excluding tert-OH is 1. The Morgan fingerprint density at radius 3 is 2.85 bits per heavy atom. The van der Waals surface area contributed by atoms with Gasteiger partial charge in [0, 0.05) is 6.61 Å². The number of carbonyl (C=O) groups is 1. The Hall–Kier alpha value is -0.610. The summed E-state index contributed by atoms with van der Waals surface area (Å²) in [6.45, 7) is 0.404. The van der Waals surface area contributed by atoms with Gasteiger partial charge in [-0.2, -0.15) is 0 Å². The molecule has 1 atom stereocenters. The van der Waals surface area contributed by atoms with Crippen molar-refractivity contribution in [2.75, 3.05) is 13.2 Å². The van der Waals surface area contributed by atoms with E-state index in [1.54, 1.807) is 0 Å². The Morgan fingerprint density at radius 2 is 2.31 bits per heavy atom. The van der Waals surface area contributed by atoms with Crippen molar-refractivity contribution in [3.8, 4) is 0 Å². The standard InChI is InChI=1S/C9H17NO3/c10-8(3-5-11)9(12)13-6-4-7-1-2-7/h7-8,11H,1-6,10H2. The fraction of sp³-hybridized carbons (Fsp3) is 0.889. The Bertz CT molecular complexity index is 168. The second kappa shape index (κ2) is 5.19. The van der Waals surface area contributed by atoms with E-state index in [-0.39, 0.29) is 13.0 Å². The van der Waals surface area contributed by atoms with Gasteiger partial charge in [-0.1, -0.05) is 12.8 Å². The second-order valence-electron chi connectivity index (χ2n) is 3.52. The smallest absolute Gasteiger partial charge is 0.322 e. The van der Waals surface area contributed by atoms with Crippen LogP contribution in [0.4, 0.5) is 0 Å². The van der Waals surface area contributed by atoms with Gasteiger partial charge in [-0.05, 0) is 18.8 Å². The van der Waals surface area contributed by atoms with Gasteiger partial charge in [0.1, 0.15) is 6.04 Å². The van der Waals surface area contributed by atoms with E-state index in [4.69, 9.17) is 15.6 Å². The molecule has 0 aromatic carbocycles. The number of rotatable bonds is 6. The van der Waals surface area contributed by atoms with Crippen molar-refractivity contribution in [1.29, 1.82) is 0 Å². The Labute approximate surface area is 78.1 Å². The molecule has 76 valence electrons. The minimum atomic E-state index is -0.663. The molecular formula is C9H17NO3. The van der Waals surface area contributed by atoms with Crippen LogP contribution < -0.4 is 5.73 Å². The molecule has 0 saturated heterocycles. The lowest BCUT2D eigenvalue weighted by atomic mass is 10.2. The van der Waals surface area contributed by atoms with Crippen molar-refractivity contribution in [2.45, 2.75) is 31.7 Å². The summed E-state index contributed by atoms with van der Waals surface area (Å²) in [7, 11) is 0. The minimum Gasteiger partial charge on any atom is -0.465 e. The third-order valence-corrected chi connectivity index (χ3v) is 2.21. The van der Waals surface area contributed by atoms with Crippen molar-refractivity contribution in [3.63, 3.8) is 0 Å². The van der Waals surface area contributed by atoms with E-state index in [1.807, 2.05) is 0 Å². The highest BCUT2D eigenvalue weighted by atomic mass is 16.5. The van der Waals surface area contributed by atoms with E-state index in [0.717, 1.165) is 12.3 Å². The topological polar surface area (TPSA) is 72.5 Å². The molecule has 1 saturated carbocycles. The van der Waals surface area contributed by atoms with Crippen molar-refractivity contribution in [2.24, 2.45) is 11.7 Å². The largest absolute Gasteiger partial charge is 0.465 e. The second-order valence-corrected chi connectivity index (χ2v) is 3.52. The average molecular weight is 187 g/mol. The van der Waals surface area contributed by atoms with Gasteiger partial charge in [-0.25, -0.2) is 0 Å². The molecule has 0 aliphatic heterocycles. The molecule has 4 nitrogen and oxygen atoms in total. The number of hydrogen-bond acceptors (Lipinski definition) is 4. The molecule has 1 aliphatic carbocycles. The van der Waals surface area contributed by atoms with Crippen LogP contribution in [-0.4, -0.2) is 30.3 Å². The highest BCUT2D eigenvalue weighted by molar-refractivity contribution is 5.75. The van der Waals surface area contributed by atoms with Crippen LogP contribution in [0.25, 0.3) is 0 Å². The van der Waals surface area contributed by atoms with E-state index in [1.165, 1.54) is 12.8 Å². The van der Waals surface area contributed by atoms with Crippen LogP contribution in [0.5, 0.6) is 0 Å². The van der Waals surface area contributed by atoms with Gasteiger partial charge in [0.2, 0.25) is 0 Å². The van der Waals surface area contributed by atoms with Crippen LogP contribution in [0.15, 0.2) is 0 Å². The third-order valence-electron chi connectivity index (χ3n) is 2.21. The van der Waals surface area contributed by atoms with Gasteiger partial charge in [0.15, 0.2) is 0 Å². The summed E-state index contributed by atoms with van der Waals surface area (Å²) in [5.41, 5.74) is 5.43. The lowest BCUT2D eigenvalue weighted by Crippen LogP contribution is -2.33. The minimum absolute atomic E-state index is 0.0705. The van der Waals surface area contributed by atoms with Gasteiger partial charge >= 0.3 is 5.97 Å². The Morgan fingerprint density at radius 1 is 1.62 bits per heavy atom. The molecule has 0 radical (unpaired) electrons. The molecule has 1 rings (SSSR count). The molecule has 0 aromatic heterocycles. The van der Waals surface area contributed by atoms with Crippen LogP contribution >= 0.6 is 0 Å². The van der Waals surface area contributed by atoms with E-state index in [9.17, 15) is 4.79 Å². The lowest BCUT2D eigenvalue weighted by Gasteiger charge is -2.09. The lowest BCUT2D eigenvalue weighted by molar-refractivity contribution is -0.145. The summed E-state index contributed by atoms with van der Waals surface area (Å²) in [6, 6.07) is -0.663. The van der Waals surface area contributed by atoms with Crippen LogP contribution in [0.3, 0.4) is 0 Å². The number of ether oxygens (including phenoxy) is 1. The van der Waals surface area contributed by atoms with Gasteiger partial charge in [-0.3, -0.25) is 4.79 Å². The molecule has 1 aliphatic rings. The summed E-state index contributed by atoms with van der Waals surface area (Å²) in [5.74, 6) is 0.372. The van der Waals surface area contributed by atoms with E-state index < -0.39 is 12.0 Å². The number of carbonyl (C=O) groups excluding carboxylic acids is 1. The zero-order valence-electron chi connectivity index (χ0n) is 7.74. The fourth-order valence-electron chi connectivity index (χ4n) is 1.10. The summed E-state index contributed by atoms with van der Waals surface area (Å²) in [5, 5.41) is 8.52. The molecule has 0 spiro atoms. The zero-order valence-corrected chi connectivity index (χ0v) is 7.74. The van der Waals surface area contributed by atoms with Crippen LogP contribution in [0.2, 0.25) is 0 Å². The molecule has 3 N–H and O–H groups in total. The summed E-state index contributed by atoms with van der Waals surface area (Å²) in [6.07, 6.45) is 3.76. The first-order valence-electron chi connectivity index (χ1n) is 4.77. The van der Waals surface area contributed by atoms with Crippen molar-refractivity contribution >= 4 is 5.97 Å². The first-order chi connectivity index (χ1) is 6.24. The van der Waals surface area contributed by atoms with E-state index in [0.29, 0.717) is 6.61 Å². The molecule has 4 heteroatoms. The Kier molecular flexibility index (Phi) is 4.18. The molecule has 0 amide bonds. The maximum atomic E-state index is 11.1. The molecule has 1 unspecified atom stereocenters. The van der Waals surface area contributed by atoms with Crippen molar-refractivity contribution < 1.29 is 14.6 Å². The number of esters is 1. The van der Waals surface area contributed by atoms with Gasteiger partial charge < -0.3 is 15.6 Å². The quantitative estimate of drug-likeness (QED) is 0.576. The predicted molar refractivity (Wildman–Crippen MR) is 48.0 cm³/mol. The molecule has 1 fully saturated rings. The normalized spacial score (nSPS) is 18.3. The van der Waals surface area contributed by atoms with E-state index >= 15 is 0 Å². The van der Waals surface area contributed by atoms with Crippen LogP contribution in [0, 0.1) is 5.92 Å². The first kappa shape index (κ1) is 10.5. The highest BCUT2D eigenvalue weighted by Gasteiger charge is 2.22. The van der Waals surface area contributed by atoms with Gasteiger partial charge in [0.05, 0.1) is 6.61 Å². The maximum Gasteiger partial charge on any atom is 0.322 e. The average Bonchev–Trinajstić information content (AvgIpc) is 2.88. The number of nitrogens with two attached hydrogens (primary N) is 1. The molecule has 0 heterocycles. The number of aliphatic hydroxyl groups is 1. The maximum absolute atomic E-state index is 11.1. The van der Waals surface area contributed by atoms with Crippen LogP contribution in [-0.2, 0) is 9.53 Å². The van der Waals surface area contributed by atoms with Crippen molar-refractivity contribution in [3.05, 3.63) is 0 Å². The fourth-order valence-corrected chi connectivity index (χ4v) is 1.10. The van der Waals surface area contributed by atoms with Crippen molar-refractivity contribution in [1.82, 2.24) is 0 Å². The zero-order chi connectivity index (χ0) is 9.68. The predicted octanol–water partition coefficient (Wildman–Crippen LogP) is 0.0394. The van der Waals surface area contributed by atoms with Crippen LogP contribution in [0.1, 0.15) is 25.7 Å². The van der Waals surface area contributed by atoms with Gasteiger partial charge in [-0.15, -0.1) is 0 Å². The summed E-state index contributed by atoms with van der Waals surface area (Å²) >= 11 is 0. The molecular weight excluding hydrogens is 170 g/mol. The summed E-state index contributed by atoms with van der Waals surface area (Å²) < 4.78 is 4.93. The monoisotopic (exact) mass is 187 g/mol. The molecule has 0 aromatic rings. The summed E-state index contributed by atoms with van der Waals surface area (Å²) in [4.78, 5) is 11.1. The molecule has 0 bridgehead atoms. The van der Waals surface area contributed by atoms with E-state index in [2.05, 4.69) is 0 Å². The molecule has 13 heavy (non-hydrogen) atoms. The van der Waals surface area contributed by atoms with Gasteiger partial charge in [0.25, 0.3) is 0 Å². The Balaban J connectivity index is 2.01. The SMILES string of the molecule is NC(CCO)C(=O)OCCC1CC1. The number of hydrogen-bond donors (Lipinski definition) is 2. The first-order valence-corrected chi connectivity index (χ1v) is 4.77. The highest BCUT2D eigenvalue weighted by Crippen LogP contribution is 2.32. The third kappa shape index (κ3) is 4.24.